The number of carbonyl (C=O) groups is 2. The molecule has 0 saturated carbocycles. The zero-order valence-electron chi connectivity index (χ0n) is 15.4. The fourth-order valence-corrected chi connectivity index (χ4v) is 3.73. The van der Waals surface area contributed by atoms with E-state index in [1.54, 1.807) is 4.90 Å². The number of anilines is 1. The van der Waals surface area contributed by atoms with E-state index in [2.05, 4.69) is 5.32 Å². The number of fused-ring (bicyclic) bond motifs is 1. The van der Waals surface area contributed by atoms with Crippen molar-refractivity contribution in [3.8, 4) is 0 Å². The lowest BCUT2D eigenvalue weighted by Crippen LogP contribution is -2.35. The molecule has 0 radical (unpaired) electrons. The monoisotopic (exact) mass is 374 g/mol. The molecule has 4 rings (SSSR count). The van der Waals surface area contributed by atoms with Crippen LogP contribution in [0.1, 0.15) is 18.1 Å². The third kappa shape index (κ3) is 3.62. The molecule has 3 aromatic carbocycles. The van der Waals surface area contributed by atoms with Crippen LogP contribution in [-0.2, 0) is 9.59 Å². The molecule has 0 aliphatic carbocycles. The topological polar surface area (TPSA) is 69.6 Å². The van der Waals surface area contributed by atoms with Gasteiger partial charge in [-0.1, -0.05) is 60.7 Å². The van der Waals surface area contributed by atoms with E-state index in [1.165, 1.54) is 0 Å². The predicted octanol–water partition coefficient (Wildman–Crippen LogP) is 3.04. The van der Waals surface area contributed by atoms with Crippen molar-refractivity contribution >= 4 is 28.3 Å². The third-order valence-corrected chi connectivity index (χ3v) is 5.22. The summed E-state index contributed by atoms with van der Waals surface area (Å²) in [6, 6.07) is 23.0. The largest absolute Gasteiger partial charge is 0.387 e. The number of aliphatic hydroxyl groups is 1. The highest BCUT2D eigenvalue weighted by Gasteiger charge is 2.35. The number of carbonyl (C=O) groups excluding carboxylic acids is 2. The van der Waals surface area contributed by atoms with Crippen LogP contribution in [0.4, 0.5) is 5.69 Å². The molecule has 3 aromatic rings. The van der Waals surface area contributed by atoms with E-state index in [1.807, 2.05) is 72.8 Å². The number of nitrogens with zero attached hydrogens (tertiary/aromatic N) is 1. The molecule has 2 atom stereocenters. The van der Waals surface area contributed by atoms with Crippen LogP contribution in [0.3, 0.4) is 0 Å². The first-order valence-electron chi connectivity index (χ1n) is 9.42. The molecule has 5 heteroatoms. The number of rotatable bonds is 5. The Hall–Kier alpha value is -3.18. The van der Waals surface area contributed by atoms with E-state index >= 15 is 0 Å². The van der Waals surface area contributed by atoms with Crippen LogP contribution >= 0.6 is 0 Å². The maximum Gasteiger partial charge on any atom is 0.227 e. The first-order chi connectivity index (χ1) is 13.6. The predicted molar refractivity (Wildman–Crippen MR) is 109 cm³/mol. The maximum absolute atomic E-state index is 12.6. The number of amides is 2. The lowest BCUT2D eigenvalue weighted by atomic mass is 10.00. The van der Waals surface area contributed by atoms with Crippen molar-refractivity contribution in [1.82, 2.24) is 5.32 Å². The van der Waals surface area contributed by atoms with Crippen molar-refractivity contribution in [2.75, 3.05) is 18.0 Å². The van der Waals surface area contributed by atoms with E-state index in [-0.39, 0.29) is 24.8 Å². The lowest BCUT2D eigenvalue weighted by Gasteiger charge is -2.18. The van der Waals surface area contributed by atoms with Gasteiger partial charge in [-0.2, -0.15) is 0 Å². The number of nitrogens with one attached hydrogen (secondary N) is 1. The average Bonchev–Trinajstić information content (AvgIpc) is 3.13. The van der Waals surface area contributed by atoms with E-state index in [4.69, 9.17) is 0 Å². The van der Waals surface area contributed by atoms with E-state index in [0.29, 0.717) is 6.54 Å². The zero-order valence-corrected chi connectivity index (χ0v) is 15.4. The molecular formula is C23H22N2O3. The lowest BCUT2D eigenvalue weighted by molar-refractivity contribution is -0.126. The Kier molecular flexibility index (Phi) is 5.08. The minimum atomic E-state index is -0.808. The van der Waals surface area contributed by atoms with Crippen molar-refractivity contribution in [1.29, 1.82) is 0 Å². The van der Waals surface area contributed by atoms with Gasteiger partial charge in [-0.15, -0.1) is 0 Å². The van der Waals surface area contributed by atoms with Gasteiger partial charge in [0.15, 0.2) is 0 Å². The summed E-state index contributed by atoms with van der Waals surface area (Å²) in [6.07, 6.45) is -0.622. The van der Waals surface area contributed by atoms with Crippen molar-refractivity contribution in [2.24, 2.45) is 5.92 Å². The Labute approximate surface area is 163 Å². The summed E-state index contributed by atoms with van der Waals surface area (Å²) in [6.45, 7) is 0.474. The number of hydrogen-bond acceptors (Lipinski definition) is 3. The molecule has 0 aromatic heterocycles. The molecule has 1 saturated heterocycles. The highest BCUT2D eigenvalue weighted by molar-refractivity contribution is 6.00. The van der Waals surface area contributed by atoms with Crippen LogP contribution in [0.25, 0.3) is 10.8 Å². The molecule has 0 spiro atoms. The molecule has 0 unspecified atom stereocenters. The Bertz CT molecular complexity index is 998. The van der Waals surface area contributed by atoms with Crippen molar-refractivity contribution in [2.45, 2.75) is 12.5 Å². The van der Waals surface area contributed by atoms with Crippen LogP contribution in [0.2, 0.25) is 0 Å². The van der Waals surface area contributed by atoms with Gasteiger partial charge in [0.05, 0.1) is 12.0 Å². The maximum atomic E-state index is 12.6. The van der Waals surface area contributed by atoms with Crippen molar-refractivity contribution in [3.63, 3.8) is 0 Å². The Balaban J connectivity index is 1.40. The molecule has 28 heavy (non-hydrogen) atoms. The minimum Gasteiger partial charge on any atom is -0.387 e. The Morgan fingerprint density at radius 2 is 1.75 bits per heavy atom. The van der Waals surface area contributed by atoms with Gasteiger partial charge < -0.3 is 15.3 Å². The van der Waals surface area contributed by atoms with Crippen LogP contribution in [0.15, 0.2) is 72.8 Å². The molecule has 1 aliphatic heterocycles. The molecular weight excluding hydrogens is 352 g/mol. The van der Waals surface area contributed by atoms with E-state index < -0.39 is 12.0 Å². The van der Waals surface area contributed by atoms with Gasteiger partial charge in [0.2, 0.25) is 11.8 Å². The van der Waals surface area contributed by atoms with Crippen molar-refractivity contribution in [3.05, 3.63) is 78.4 Å². The van der Waals surface area contributed by atoms with Gasteiger partial charge in [0.1, 0.15) is 0 Å². The fraction of sp³-hybridized carbons (Fsp3) is 0.217. The quantitative estimate of drug-likeness (QED) is 0.721. The molecule has 1 aliphatic rings. The summed E-state index contributed by atoms with van der Waals surface area (Å²) < 4.78 is 0. The minimum absolute atomic E-state index is 0.0547. The molecule has 2 N–H and O–H groups in total. The second-order valence-electron chi connectivity index (χ2n) is 7.07. The van der Waals surface area contributed by atoms with Crippen LogP contribution < -0.4 is 10.2 Å². The number of aliphatic hydroxyl groups excluding tert-OH is 1. The van der Waals surface area contributed by atoms with E-state index in [9.17, 15) is 14.7 Å². The molecule has 1 fully saturated rings. The van der Waals surface area contributed by atoms with Gasteiger partial charge in [0.25, 0.3) is 0 Å². The van der Waals surface area contributed by atoms with Crippen LogP contribution in [-0.4, -0.2) is 30.0 Å². The van der Waals surface area contributed by atoms with Crippen molar-refractivity contribution < 1.29 is 14.7 Å². The van der Waals surface area contributed by atoms with Gasteiger partial charge in [0, 0.05) is 25.2 Å². The summed E-state index contributed by atoms with van der Waals surface area (Å²) in [5.41, 5.74) is 1.59. The smallest absolute Gasteiger partial charge is 0.227 e. The zero-order chi connectivity index (χ0) is 19.5. The van der Waals surface area contributed by atoms with Gasteiger partial charge in [-0.25, -0.2) is 0 Å². The second-order valence-corrected chi connectivity index (χ2v) is 7.07. The SMILES string of the molecule is O=C(NC[C@@H](O)c1cccc2ccccc12)[C@H]1CC(=O)N(c2ccccc2)C1. The molecule has 1 heterocycles. The average molecular weight is 374 g/mol. The summed E-state index contributed by atoms with van der Waals surface area (Å²) in [5, 5.41) is 15.4. The summed E-state index contributed by atoms with van der Waals surface area (Å²) in [5.74, 6) is -0.667. The van der Waals surface area contributed by atoms with Gasteiger partial charge in [-0.3, -0.25) is 9.59 Å². The van der Waals surface area contributed by atoms with Gasteiger partial charge >= 0.3 is 0 Å². The molecule has 0 bridgehead atoms. The van der Waals surface area contributed by atoms with Gasteiger partial charge in [-0.05, 0) is 28.5 Å². The summed E-state index contributed by atoms with van der Waals surface area (Å²) >= 11 is 0. The summed E-state index contributed by atoms with van der Waals surface area (Å²) in [7, 11) is 0. The fourth-order valence-electron chi connectivity index (χ4n) is 3.73. The summed E-state index contributed by atoms with van der Waals surface area (Å²) in [4.78, 5) is 26.5. The normalized spacial score (nSPS) is 17.7. The van der Waals surface area contributed by atoms with E-state index in [0.717, 1.165) is 22.0 Å². The molecule has 142 valence electrons. The Morgan fingerprint density at radius 3 is 2.57 bits per heavy atom. The first kappa shape index (κ1) is 18.2. The number of para-hydroxylation sites is 1. The Morgan fingerprint density at radius 1 is 1.04 bits per heavy atom. The van der Waals surface area contributed by atoms with Crippen LogP contribution in [0.5, 0.6) is 0 Å². The molecule has 2 amide bonds. The number of hydrogen-bond donors (Lipinski definition) is 2. The highest BCUT2D eigenvalue weighted by Crippen LogP contribution is 2.26. The standard InChI is InChI=1S/C23H22N2O3/c26-21(20-12-6-8-16-7-4-5-11-19(16)20)14-24-23(28)17-13-22(27)25(15-17)18-9-2-1-3-10-18/h1-12,17,21,26H,13-15H2,(H,24,28)/t17-,21+/m0/s1. The highest BCUT2D eigenvalue weighted by atomic mass is 16.3. The molecule has 5 nitrogen and oxygen atoms in total. The number of benzene rings is 3. The van der Waals surface area contributed by atoms with Crippen LogP contribution in [0, 0.1) is 5.92 Å². The second kappa shape index (κ2) is 7.82. The first-order valence-corrected chi connectivity index (χ1v) is 9.42. The third-order valence-electron chi connectivity index (χ3n) is 5.22.